The number of aromatic nitrogens is 2. The van der Waals surface area contributed by atoms with Gasteiger partial charge in [0.05, 0.1) is 5.69 Å². The van der Waals surface area contributed by atoms with E-state index in [0.29, 0.717) is 5.69 Å². The first kappa shape index (κ1) is 10.9. The van der Waals surface area contributed by atoms with Gasteiger partial charge in [0.2, 0.25) is 0 Å². The summed E-state index contributed by atoms with van der Waals surface area (Å²) in [5, 5.41) is 3.42. The molecule has 80 valence electrons. The Hall–Kier alpha value is -1.20. The molecule has 6 heteroatoms. The summed E-state index contributed by atoms with van der Waals surface area (Å²) in [5.41, 5.74) is 5.09. The molecule has 0 spiro atoms. The molecule has 1 heterocycles. The lowest BCUT2D eigenvalue weighted by Gasteiger charge is -2.14. The SMILES string of the molecule is CC(C)(C)c1cc(N)n(C(F)(F)F)n1. The first-order valence-electron chi connectivity index (χ1n) is 4.05. The molecule has 0 amide bonds. The van der Waals surface area contributed by atoms with Gasteiger partial charge in [-0.3, -0.25) is 0 Å². The average molecular weight is 207 g/mol. The van der Waals surface area contributed by atoms with E-state index in [1.165, 1.54) is 6.07 Å². The van der Waals surface area contributed by atoms with Gasteiger partial charge in [-0.15, -0.1) is 13.2 Å². The quantitative estimate of drug-likeness (QED) is 0.709. The highest BCUT2D eigenvalue weighted by Gasteiger charge is 2.35. The fourth-order valence-electron chi connectivity index (χ4n) is 0.965. The standard InChI is InChI=1S/C8H12F3N3/c1-7(2,3)5-4-6(12)14(13-5)8(9,10)11/h4H,12H2,1-3H3. The smallest absolute Gasteiger partial charge is 0.384 e. The second-order valence-corrected chi connectivity index (χ2v) is 4.08. The van der Waals surface area contributed by atoms with Crippen LogP contribution in [0.4, 0.5) is 19.0 Å². The zero-order chi connectivity index (χ0) is 11.1. The van der Waals surface area contributed by atoms with E-state index in [9.17, 15) is 13.2 Å². The van der Waals surface area contributed by atoms with Crippen LogP contribution in [0.15, 0.2) is 6.07 Å². The summed E-state index contributed by atoms with van der Waals surface area (Å²) in [6, 6.07) is 1.24. The van der Waals surface area contributed by atoms with Crippen LogP contribution in [0.1, 0.15) is 26.5 Å². The van der Waals surface area contributed by atoms with Gasteiger partial charge in [-0.25, -0.2) is 0 Å². The number of rotatable bonds is 0. The summed E-state index contributed by atoms with van der Waals surface area (Å²) in [6.45, 7) is 5.32. The largest absolute Gasteiger partial charge is 0.506 e. The van der Waals surface area contributed by atoms with Gasteiger partial charge in [-0.2, -0.15) is 9.78 Å². The third kappa shape index (κ3) is 2.00. The molecular weight excluding hydrogens is 195 g/mol. The minimum Gasteiger partial charge on any atom is -0.384 e. The zero-order valence-electron chi connectivity index (χ0n) is 8.18. The Kier molecular flexibility index (Phi) is 2.25. The predicted octanol–water partition coefficient (Wildman–Crippen LogP) is 2.24. The van der Waals surface area contributed by atoms with Crippen molar-refractivity contribution in [1.29, 1.82) is 0 Å². The number of nitrogen functional groups attached to an aromatic ring is 1. The van der Waals surface area contributed by atoms with E-state index in [-0.39, 0.29) is 10.5 Å². The van der Waals surface area contributed by atoms with Crippen molar-refractivity contribution < 1.29 is 13.2 Å². The number of hydrogen-bond acceptors (Lipinski definition) is 2. The lowest BCUT2D eigenvalue weighted by atomic mass is 9.92. The molecule has 0 bridgehead atoms. The first-order valence-corrected chi connectivity index (χ1v) is 4.05. The summed E-state index contributed by atoms with van der Waals surface area (Å²) in [4.78, 5) is 0. The molecule has 0 aliphatic carbocycles. The molecule has 2 N–H and O–H groups in total. The zero-order valence-corrected chi connectivity index (χ0v) is 8.18. The Balaban J connectivity index is 3.19. The van der Waals surface area contributed by atoms with E-state index in [2.05, 4.69) is 5.10 Å². The van der Waals surface area contributed by atoms with Gasteiger partial charge in [0.15, 0.2) is 0 Å². The molecule has 0 aliphatic rings. The molecule has 14 heavy (non-hydrogen) atoms. The highest BCUT2D eigenvalue weighted by atomic mass is 19.4. The Morgan fingerprint density at radius 2 is 1.79 bits per heavy atom. The van der Waals surface area contributed by atoms with Gasteiger partial charge < -0.3 is 5.73 Å². The molecule has 1 aromatic rings. The second-order valence-electron chi connectivity index (χ2n) is 4.08. The van der Waals surface area contributed by atoms with Crippen molar-refractivity contribution in [3.8, 4) is 0 Å². The van der Waals surface area contributed by atoms with E-state index in [4.69, 9.17) is 5.73 Å². The van der Waals surface area contributed by atoms with E-state index in [1.54, 1.807) is 20.8 Å². The van der Waals surface area contributed by atoms with Crippen LogP contribution in [-0.4, -0.2) is 9.78 Å². The maximum absolute atomic E-state index is 12.3. The maximum Gasteiger partial charge on any atom is 0.506 e. The fourth-order valence-corrected chi connectivity index (χ4v) is 0.965. The second kappa shape index (κ2) is 2.90. The summed E-state index contributed by atoms with van der Waals surface area (Å²) in [5.74, 6) is -0.387. The molecule has 1 rings (SSSR count). The van der Waals surface area contributed by atoms with Crippen molar-refractivity contribution in [2.45, 2.75) is 32.5 Å². The Labute approximate surface area is 79.7 Å². The van der Waals surface area contributed by atoms with Crippen LogP contribution < -0.4 is 5.73 Å². The molecule has 0 fully saturated rings. The molecule has 0 aliphatic heterocycles. The van der Waals surface area contributed by atoms with Crippen molar-refractivity contribution in [3.05, 3.63) is 11.8 Å². The van der Waals surface area contributed by atoms with Crippen molar-refractivity contribution in [1.82, 2.24) is 9.78 Å². The molecule has 0 radical (unpaired) electrons. The molecule has 3 nitrogen and oxygen atoms in total. The molecular formula is C8H12F3N3. The van der Waals surface area contributed by atoms with Gasteiger partial charge in [0, 0.05) is 11.5 Å². The molecule has 0 saturated carbocycles. The maximum atomic E-state index is 12.3. The predicted molar refractivity (Wildman–Crippen MR) is 46.6 cm³/mol. The summed E-state index contributed by atoms with van der Waals surface area (Å²) >= 11 is 0. The van der Waals surface area contributed by atoms with Crippen LogP contribution >= 0.6 is 0 Å². The van der Waals surface area contributed by atoms with Gasteiger partial charge >= 0.3 is 6.30 Å². The van der Waals surface area contributed by atoms with Crippen molar-refractivity contribution in [2.75, 3.05) is 5.73 Å². The Morgan fingerprint density at radius 1 is 1.29 bits per heavy atom. The van der Waals surface area contributed by atoms with Crippen LogP contribution in [0.5, 0.6) is 0 Å². The van der Waals surface area contributed by atoms with Gasteiger partial charge in [-0.1, -0.05) is 20.8 Å². The first-order chi connectivity index (χ1) is 6.12. The number of nitrogens with zero attached hydrogens (tertiary/aromatic N) is 2. The minimum atomic E-state index is -4.55. The number of anilines is 1. The van der Waals surface area contributed by atoms with Crippen molar-refractivity contribution in [3.63, 3.8) is 0 Å². The van der Waals surface area contributed by atoms with Gasteiger partial charge in [0.1, 0.15) is 5.82 Å². The summed E-state index contributed by atoms with van der Waals surface area (Å²) in [7, 11) is 0. The lowest BCUT2D eigenvalue weighted by Crippen LogP contribution is -2.21. The third-order valence-corrected chi connectivity index (χ3v) is 1.75. The van der Waals surface area contributed by atoms with E-state index >= 15 is 0 Å². The Morgan fingerprint density at radius 3 is 2.00 bits per heavy atom. The fraction of sp³-hybridized carbons (Fsp3) is 0.625. The van der Waals surface area contributed by atoms with Gasteiger partial charge in [-0.05, 0) is 0 Å². The summed E-state index contributed by atoms with van der Waals surface area (Å²) in [6.07, 6.45) is -4.55. The molecule has 0 aromatic carbocycles. The molecule has 0 unspecified atom stereocenters. The van der Waals surface area contributed by atoms with Crippen LogP contribution in [0, 0.1) is 0 Å². The summed E-state index contributed by atoms with van der Waals surface area (Å²) < 4.78 is 36.7. The van der Waals surface area contributed by atoms with Crippen LogP contribution in [0.2, 0.25) is 0 Å². The minimum absolute atomic E-state index is 0.117. The average Bonchev–Trinajstić information content (AvgIpc) is 2.27. The van der Waals surface area contributed by atoms with Crippen LogP contribution in [-0.2, 0) is 11.7 Å². The highest BCUT2D eigenvalue weighted by Crippen LogP contribution is 2.29. The van der Waals surface area contributed by atoms with Gasteiger partial charge in [0.25, 0.3) is 0 Å². The van der Waals surface area contributed by atoms with E-state index < -0.39 is 11.7 Å². The topological polar surface area (TPSA) is 43.8 Å². The normalized spacial score (nSPS) is 13.3. The van der Waals surface area contributed by atoms with Crippen LogP contribution in [0.25, 0.3) is 0 Å². The highest BCUT2D eigenvalue weighted by molar-refractivity contribution is 5.33. The molecule has 0 atom stereocenters. The number of hydrogen-bond donors (Lipinski definition) is 1. The molecule has 0 saturated heterocycles. The Bertz CT molecular complexity index is 333. The van der Waals surface area contributed by atoms with Crippen molar-refractivity contribution >= 4 is 5.82 Å². The van der Waals surface area contributed by atoms with E-state index in [0.717, 1.165) is 0 Å². The number of halogens is 3. The van der Waals surface area contributed by atoms with Crippen LogP contribution in [0.3, 0.4) is 0 Å². The molecule has 1 aromatic heterocycles. The van der Waals surface area contributed by atoms with E-state index in [1.807, 2.05) is 0 Å². The lowest BCUT2D eigenvalue weighted by molar-refractivity contribution is -0.210. The monoisotopic (exact) mass is 207 g/mol. The third-order valence-electron chi connectivity index (χ3n) is 1.75. The number of alkyl halides is 3. The number of nitrogens with two attached hydrogens (primary N) is 1. The van der Waals surface area contributed by atoms with Crippen molar-refractivity contribution in [2.24, 2.45) is 0 Å².